The van der Waals surface area contributed by atoms with Crippen LogP contribution < -0.4 is 11.2 Å². The lowest BCUT2D eigenvalue weighted by Crippen LogP contribution is -2.40. The Morgan fingerprint density at radius 3 is 1.51 bits per heavy atom. The molecule has 0 radical (unpaired) electrons. The molecular formula is C22H16F8N2O3. The van der Waals surface area contributed by atoms with Gasteiger partial charge in [0.25, 0.3) is 17.4 Å². The molecule has 0 atom stereocenters. The van der Waals surface area contributed by atoms with E-state index in [-0.39, 0.29) is 16.7 Å². The standard InChI is InChI=1S/C22H16F8N2O3/c23-14-3-1-12(9-16(14)25)21(27,28)5-7-31-18(33)11-19(34)32(20(31)35)8-6-22(29,30)13-2-4-15(24)17(26)10-13/h1-4,9-11,33H,5-8H2. The average Bonchev–Trinajstić information content (AvgIpc) is 2.76. The summed E-state index contributed by atoms with van der Waals surface area (Å²) in [6, 6.07) is 3.18. The Labute approximate surface area is 191 Å². The van der Waals surface area contributed by atoms with Crippen LogP contribution in [0, 0.1) is 23.3 Å². The monoisotopic (exact) mass is 508 g/mol. The normalized spacial score (nSPS) is 12.2. The van der Waals surface area contributed by atoms with Crippen molar-refractivity contribution in [2.75, 3.05) is 0 Å². The fraction of sp³-hybridized carbons (Fsp3) is 0.273. The van der Waals surface area contributed by atoms with Crippen LogP contribution in [0.15, 0.2) is 52.1 Å². The van der Waals surface area contributed by atoms with Gasteiger partial charge in [0.15, 0.2) is 23.3 Å². The minimum atomic E-state index is -3.80. The number of aromatic hydroxyl groups is 1. The number of aromatic nitrogens is 2. The van der Waals surface area contributed by atoms with Crippen molar-refractivity contribution in [2.45, 2.75) is 37.8 Å². The van der Waals surface area contributed by atoms with E-state index in [0.717, 1.165) is 0 Å². The van der Waals surface area contributed by atoms with Crippen molar-refractivity contribution in [1.29, 1.82) is 0 Å². The predicted octanol–water partition coefficient (Wildman–Crippen LogP) is 4.64. The first-order valence-electron chi connectivity index (χ1n) is 9.93. The van der Waals surface area contributed by atoms with Crippen molar-refractivity contribution in [1.82, 2.24) is 9.13 Å². The molecule has 2 aromatic carbocycles. The zero-order valence-electron chi connectivity index (χ0n) is 17.6. The molecule has 5 nitrogen and oxygen atoms in total. The number of nitrogens with zero attached hydrogens (tertiary/aromatic N) is 2. The summed E-state index contributed by atoms with van der Waals surface area (Å²) in [5.74, 6) is -14.4. The van der Waals surface area contributed by atoms with Crippen LogP contribution in [0.2, 0.25) is 0 Å². The maximum Gasteiger partial charge on any atom is 0.333 e. The Morgan fingerprint density at radius 2 is 1.09 bits per heavy atom. The zero-order chi connectivity index (χ0) is 26.1. The van der Waals surface area contributed by atoms with Crippen molar-refractivity contribution in [3.63, 3.8) is 0 Å². The summed E-state index contributed by atoms with van der Waals surface area (Å²) in [5.41, 5.74) is -4.44. The molecule has 3 rings (SSSR count). The quantitative estimate of drug-likeness (QED) is 0.452. The van der Waals surface area contributed by atoms with E-state index in [1.165, 1.54) is 0 Å². The molecule has 0 unspecified atom stereocenters. The van der Waals surface area contributed by atoms with Crippen molar-refractivity contribution >= 4 is 0 Å². The first kappa shape index (κ1) is 26.0. The largest absolute Gasteiger partial charge is 0.494 e. The molecule has 0 aliphatic heterocycles. The van der Waals surface area contributed by atoms with Gasteiger partial charge in [0.05, 0.1) is 6.07 Å². The molecule has 0 amide bonds. The van der Waals surface area contributed by atoms with E-state index in [4.69, 9.17) is 0 Å². The summed E-state index contributed by atoms with van der Waals surface area (Å²) in [7, 11) is 0. The average molecular weight is 508 g/mol. The third kappa shape index (κ3) is 5.54. The van der Waals surface area contributed by atoms with Gasteiger partial charge in [0.1, 0.15) is 0 Å². The number of hydrogen-bond donors (Lipinski definition) is 1. The summed E-state index contributed by atoms with van der Waals surface area (Å²) in [5, 5.41) is 9.88. The van der Waals surface area contributed by atoms with E-state index in [1.54, 1.807) is 0 Å². The van der Waals surface area contributed by atoms with Crippen molar-refractivity contribution in [3.05, 3.63) is 97.7 Å². The Morgan fingerprint density at radius 1 is 0.657 bits per heavy atom. The minimum absolute atomic E-state index is 0.253. The molecule has 1 N–H and O–H groups in total. The van der Waals surface area contributed by atoms with Gasteiger partial charge in [-0.1, -0.05) is 0 Å². The van der Waals surface area contributed by atoms with Crippen molar-refractivity contribution < 1.29 is 40.2 Å². The van der Waals surface area contributed by atoms with Gasteiger partial charge >= 0.3 is 5.69 Å². The summed E-state index contributed by atoms with van der Waals surface area (Å²) >= 11 is 0. The van der Waals surface area contributed by atoms with Crippen LogP contribution in [0.1, 0.15) is 24.0 Å². The van der Waals surface area contributed by atoms with Gasteiger partial charge in [0, 0.05) is 37.1 Å². The van der Waals surface area contributed by atoms with E-state index in [2.05, 4.69) is 0 Å². The highest BCUT2D eigenvalue weighted by molar-refractivity contribution is 5.23. The Hall–Kier alpha value is -3.64. The number of rotatable bonds is 8. The highest BCUT2D eigenvalue weighted by Crippen LogP contribution is 2.34. The fourth-order valence-electron chi connectivity index (χ4n) is 3.26. The third-order valence-electron chi connectivity index (χ3n) is 5.24. The second-order valence-corrected chi connectivity index (χ2v) is 7.59. The summed E-state index contributed by atoms with van der Waals surface area (Å²) < 4.78 is 111. The van der Waals surface area contributed by atoms with Crippen LogP contribution in [-0.2, 0) is 24.9 Å². The lowest BCUT2D eigenvalue weighted by Gasteiger charge is -2.20. The first-order valence-corrected chi connectivity index (χ1v) is 9.93. The van der Waals surface area contributed by atoms with Crippen LogP contribution in [0.3, 0.4) is 0 Å². The molecule has 0 aliphatic rings. The topological polar surface area (TPSA) is 64.2 Å². The van der Waals surface area contributed by atoms with Gasteiger partial charge < -0.3 is 5.11 Å². The molecule has 0 aliphatic carbocycles. The number of benzene rings is 2. The van der Waals surface area contributed by atoms with Gasteiger partial charge in [-0.3, -0.25) is 13.9 Å². The summed E-state index contributed by atoms with van der Waals surface area (Å²) in [4.78, 5) is 24.6. The Balaban J connectivity index is 1.83. The zero-order valence-corrected chi connectivity index (χ0v) is 17.6. The highest BCUT2D eigenvalue weighted by Gasteiger charge is 2.34. The molecule has 1 aromatic heterocycles. The van der Waals surface area contributed by atoms with Crippen LogP contribution >= 0.6 is 0 Å². The van der Waals surface area contributed by atoms with Crippen molar-refractivity contribution in [3.8, 4) is 5.88 Å². The number of halogens is 8. The predicted molar refractivity (Wildman–Crippen MR) is 106 cm³/mol. The molecule has 35 heavy (non-hydrogen) atoms. The molecule has 13 heteroatoms. The van der Waals surface area contributed by atoms with Gasteiger partial charge in [-0.2, -0.15) is 0 Å². The summed E-state index contributed by atoms with van der Waals surface area (Å²) in [6.07, 6.45) is -2.42. The lowest BCUT2D eigenvalue weighted by atomic mass is 10.0. The second kappa shape index (κ2) is 9.55. The molecule has 3 aromatic rings. The first-order chi connectivity index (χ1) is 16.2. The second-order valence-electron chi connectivity index (χ2n) is 7.59. The van der Waals surface area contributed by atoms with E-state index in [9.17, 15) is 49.8 Å². The smallest absolute Gasteiger partial charge is 0.333 e. The molecule has 0 bridgehead atoms. The van der Waals surface area contributed by atoms with Crippen LogP contribution in [0.5, 0.6) is 5.88 Å². The fourth-order valence-corrected chi connectivity index (χ4v) is 3.26. The van der Waals surface area contributed by atoms with E-state index >= 15 is 0 Å². The van der Waals surface area contributed by atoms with Gasteiger partial charge in [-0.15, -0.1) is 0 Å². The van der Waals surface area contributed by atoms with Crippen LogP contribution in [0.4, 0.5) is 35.1 Å². The highest BCUT2D eigenvalue weighted by atomic mass is 19.3. The molecule has 0 saturated heterocycles. The molecule has 1 heterocycles. The summed E-state index contributed by atoms with van der Waals surface area (Å²) in [6.45, 7) is -1.87. The van der Waals surface area contributed by atoms with E-state index < -0.39 is 89.3 Å². The van der Waals surface area contributed by atoms with E-state index in [0.29, 0.717) is 34.9 Å². The molecular weight excluding hydrogens is 492 g/mol. The SMILES string of the molecule is O=c1cc(O)n(CCC(F)(F)c2ccc(F)c(F)c2)c(=O)n1CCC(F)(F)c1ccc(F)c(F)c1. The maximum absolute atomic E-state index is 14.4. The Kier molecular flexibility index (Phi) is 7.08. The number of alkyl halides is 4. The molecule has 0 spiro atoms. The third-order valence-corrected chi connectivity index (χ3v) is 5.24. The molecule has 0 saturated carbocycles. The maximum atomic E-state index is 14.4. The van der Waals surface area contributed by atoms with Gasteiger partial charge in [-0.05, 0) is 36.4 Å². The molecule has 0 fully saturated rings. The van der Waals surface area contributed by atoms with Gasteiger partial charge in [0.2, 0.25) is 5.88 Å². The van der Waals surface area contributed by atoms with Gasteiger partial charge in [-0.25, -0.2) is 39.9 Å². The molecule has 188 valence electrons. The van der Waals surface area contributed by atoms with Crippen LogP contribution in [-0.4, -0.2) is 14.2 Å². The lowest BCUT2D eigenvalue weighted by molar-refractivity contribution is -0.0197. The van der Waals surface area contributed by atoms with Crippen LogP contribution in [0.25, 0.3) is 0 Å². The van der Waals surface area contributed by atoms with Crippen molar-refractivity contribution in [2.24, 2.45) is 0 Å². The Bertz CT molecular complexity index is 1370. The minimum Gasteiger partial charge on any atom is -0.494 e. The van der Waals surface area contributed by atoms with E-state index in [1.807, 2.05) is 0 Å². The number of hydrogen-bond acceptors (Lipinski definition) is 3.